The lowest BCUT2D eigenvalue weighted by Crippen LogP contribution is -2.53. The Morgan fingerprint density at radius 2 is 1.53 bits per heavy atom. The van der Waals surface area contributed by atoms with E-state index in [0.717, 1.165) is 21.3 Å². The van der Waals surface area contributed by atoms with Crippen molar-refractivity contribution < 1.29 is 29.0 Å². The van der Waals surface area contributed by atoms with Crippen LogP contribution in [0.25, 0.3) is 10.2 Å². The molecule has 264 valence electrons. The molecule has 0 unspecified atom stereocenters. The van der Waals surface area contributed by atoms with Crippen LogP contribution in [0.3, 0.4) is 0 Å². The molecule has 3 aliphatic heterocycles. The first kappa shape index (κ1) is 33.0. The van der Waals surface area contributed by atoms with Crippen molar-refractivity contribution in [1.82, 2.24) is 9.88 Å². The summed E-state index contributed by atoms with van der Waals surface area (Å²) < 4.78 is 13.5. The van der Waals surface area contributed by atoms with E-state index in [1.807, 2.05) is 132 Å². The largest absolute Gasteiger partial charge is 0.491 e. The number of anilines is 2. The molecule has 1 aromatic heterocycles. The van der Waals surface area contributed by atoms with Gasteiger partial charge in [-0.1, -0.05) is 121 Å². The molecule has 3 N–H and O–H groups in total. The summed E-state index contributed by atoms with van der Waals surface area (Å²) >= 11 is 1.32. The summed E-state index contributed by atoms with van der Waals surface area (Å²) in [5.41, 5.74) is 2.41. The van der Waals surface area contributed by atoms with Crippen LogP contribution in [0.1, 0.15) is 40.4 Å². The highest BCUT2D eigenvalue weighted by atomic mass is 32.1. The van der Waals surface area contributed by atoms with Crippen molar-refractivity contribution in [3.63, 3.8) is 0 Å². The molecule has 0 radical (unpaired) electrons. The number of para-hydroxylation sites is 3. The van der Waals surface area contributed by atoms with Gasteiger partial charge in [-0.3, -0.25) is 19.3 Å². The number of benzene rings is 5. The summed E-state index contributed by atoms with van der Waals surface area (Å²) in [6.07, 6.45) is -0.793. The third-order valence-corrected chi connectivity index (χ3v) is 11.5. The number of nitrogens with one attached hydrogen (secondary N) is 2. The molecule has 2 fully saturated rings. The Kier molecular flexibility index (Phi) is 8.26. The molecule has 5 aromatic carbocycles. The lowest BCUT2D eigenvalue weighted by Gasteiger charge is -2.46. The van der Waals surface area contributed by atoms with E-state index in [1.54, 1.807) is 6.07 Å². The van der Waals surface area contributed by atoms with Crippen LogP contribution in [0.4, 0.5) is 10.8 Å². The predicted molar refractivity (Wildman–Crippen MR) is 200 cm³/mol. The van der Waals surface area contributed by atoms with Gasteiger partial charge in [0.15, 0.2) is 5.13 Å². The van der Waals surface area contributed by atoms with Gasteiger partial charge in [0.1, 0.15) is 29.9 Å². The Hall–Kier alpha value is -5.88. The van der Waals surface area contributed by atoms with Crippen LogP contribution in [0.15, 0.2) is 133 Å². The Labute approximate surface area is 309 Å². The monoisotopic (exact) mass is 722 g/mol. The fraction of sp³-hybridized carbons (Fsp3) is 0.190. The van der Waals surface area contributed by atoms with Crippen molar-refractivity contribution in [1.29, 1.82) is 0 Å². The Bertz CT molecular complexity index is 2320. The highest BCUT2D eigenvalue weighted by Crippen LogP contribution is 2.65. The molecule has 4 heterocycles. The van der Waals surface area contributed by atoms with Gasteiger partial charge in [-0.15, -0.1) is 0 Å². The van der Waals surface area contributed by atoms with E-state index in [0.29, 0.717) is 27.7 Å². The van der Waals surface area contributed by atoms with Crippen molar-refractivity contribution in [3.05, 3.63) is 156 Å². The number of amides is 2. The van der Waals surface area contributed by atoms with Gasteiger partial charge in [0.05, 0.1) is 34.8 Å². The van der Waals surface area contributed by atoms with Crippen molar-refractivity contribution in [2.24, 2.45) is 5.92 Å². The lowest BCUT2D eigenvalue weighted by molar-refractivity contribution is -0.177. The fourth-order valence-corrected chi connectivity index (χ4v) is 9.49. The molecule has 0 bridgehead atoms. The number of morpholine rings is 1. The van der Waals surface area contributed by atoms with Crippen LogP contribution < -0.4 is 15.4 Å². The number of carbonyl (C=O) groups is 3. The van der Waals surface area contributed by atoms with Gasteiger partial charge in [-0.2, -0.15) is 0 Å². The molecule has 9 rings (SSSR count). The highest BCUT2D eigenvalue weighted by molar-refractivity contribution is 7.22. The second-order valence-corrected chi connectivity index (χ2v) is 14.4. The summed E-state index contributed by atoms with van der Waals surface area (Å²) in [5, 5.41) is 16.3. The Balaban J connectivity index is 1.33. The van der Waals surface area contributed by atoms with Crippen LogP contribution in [0.2, 0.25) is 0 Å². The van der Waals surface area contributed by atoms with E-state index in [9.17, 15) is 9.90 Å². The molecule has 2 saturated heterocycles. The van der Waals surface area contributed by atoms with Gasteiger partial charge in [-0.05, 0) is 41.0 Å². The number of cyclic esters (lactones) is 1. The minimum absolute atomic E-state index is 0.00125. The molecular formula is C42H34N4O6S. The van der Waals surface area contributed by atoms with Gasteiger partial charge in [-0.25, -0.2) is 4.98 Å². The number of aliphatic hydroxyl groups excluding tert-OH is 1. The third-order valence-electron chi connectivity index (χ3n) is 10.6. The lowest BCUT2D eigenvalue weighted by atomic mass is 9.65. The second kappa shape index (κ2) is 13.3. The van der Waals surface area contributed by atoms with Crippen molar-refractivity contribution >= 4 is 50.2 Å². The average Bonchev–Trinajstić information content (AvgIpc) is 3.84. The minimum Gasteiger partial charge on any atom is -0.491 e. The fourth-order valence-electron chi connectivity index (χ4n) is 8.62. The number of aromatic nitrogens is 1. The van der Waals surface area contributed by atoms with E-state index < -0.39 is 53.3 Å². The second-order valence-electron chi connectivity index (χ2n) is 13.4. The number of ether oxygens (including phenoxy) is 2. The number of hydrogen-bond acceptors (Lipinski definition) is 9. The molecule has 2 amide bonds. The first-order chi connectivity index (χ1) is 26.0. The number of fused-ring (bicyclic) bond motifs is 4. The number of hydrogen-bond donors (Lipinski definition) is 3. The maximum absolute atomic E-state index is 15.2. The van der Waals surface area contributed by atoms with Gasteiger partial charge in [0, 0.05) is 11.3 Å². The Morgan fingerprint density at radius 1 is 0.849 bits per heavy atom. The first-order valence-corrected chi connectivity index (χ1v) is 18.3. The molecule has 11 heteroatoms. The zero-order valence-corrected chi connectivity index (χ0v) is 29.1. The number of rotatable bonds is 8. The molecular weight excluding hydrogens is 689 g/mol. The zero-order valence-electron chi connectivity index (χ0n) is 28.3. The summed E-state index contributed by atoms with van der Waals surface area (Å²) in [6, 6.07) is 38.7. The van der Waals surface area contributed by atoms with Gasteiger partial charge in [0.2, 0.25) is 11.8 Å². The van der Waals surface area contributed by atoms with Crippen molar-refractivity contribution in [2.75, 3.05) is 23.8 Å². The summed E-state index contributed by atoms with van der Waals surface area (Å²) in [5.74, 6) is -2.44. The predicted octanol–water partition coefficient (Wildman–Crippen LogP) is 6.58. The van der Waals surface area contributed by atoms with Gasteiger partial charge >= 0.3 is 5.97 Å². The maximum atomic E-state index is 15.2. The zero-order chi connectivity index (χ0) is 36.1. The molecule has 6 aromatic rings. The van der Waals surface area contributed by atoms with Crippen LogP contribution in [0.5, 0.6) is 5.75 Å². The van der Waals surface area contributed by atoms with Crippen LogP contribution in [-0.4, -0.2) is 52.0 Å². The molecule has 3 aliphatic rings. The van der Waals surface area contributed by atoms with Crippen LogP contribution in [0, 0.1) is 5.92 Å². The maximum Gasteiger partial charge on any atom is 0.324 e. The normalized spacial score (nSPS) is 24.7. The number of nitrogens with zero attached hydrogens (tertiary/aromatic N) is 2. The van der Waals surface area contributed by atoms with E-state index >= 15 is 9.59 Å². The highest BCUT2D eigenvalue weighted by Gasteiger charge is 2.74. The van der Waals surface area contributed by atoms with Crippen molar-refractivity contribution in [3.8, 4) is 5.75 Å². The van der Waals surface area contributed by atoms with Gasteiger partial charge in [0.25, 0.3) is 0 Å². The van der Waals surface area contributed by atoms with E-state index in [2.05, 4.69) is 15.6 Å². The SMILES string of the molecule is O=C1O[C@@H](c2ccccc2)[C@@H](c2ccccc2)N2[C@@H](c3ccccc3OCCO)[C@]3(C(=O)Nc4ccccc43)[C@@H](C(=O)Nc3nc4ccccc4s3)[C@H]12. The number of carbonyl (C=O) groups excluding carboxylic acids is 3. The summed E-state index contributed by atoms with van der Waals surface area (Å²) in [4.78, 5) is 51.9. The van der Waals surface area contributed by atoms with E-state index in [1.165, 1.54) is 11.3 Å². The number of esters is 1. The summed E-state index contributed by atoms with van der Waals surface area (Å²) in [7, 11) is 0. The van der Waals surface area contributed by atoms with Crippen LogP contribution >= 0.6 is 11.3 Å². The molecule has 1 spiro atoms. The number of aliphatic hydroxyl groups is 1. The third kappa shape index (κ3) is 5.22. The smallest absolute Gasteiger partial charge is 0.324 e. The van der Waals surface area contributed by atoms with Gasteiger partial charge < -0.3 is 25.2 Å². The quantitative estimate of drug-likeness (QED) is 0.150. The molecule has 6 atom stereocenters. The summed E-state index contributed by atoms with van der Waals surface area (Å²) in [6.45, 7) is -0.233. The minimum atomic E-state index is -1.65. The van der Waals surface area contributed by atoms with Crippen molar-refractivity contribution in [2.45, 2.75) is 29.6 Å². The van der Waals surface area contributed by atoms with Crippen LogP contribution in [-0.2, 0) is 24.5 Å². The molecule has 10 nitrogen and oxygen atoms in total. The molecule has 0 saturated carbocycles. The topological polar surface area (TPSA) is 130 Å². The molecule has 53 heavy (non-hydrogen) atoms. The average molecular weight is 723 g/mol. The first-order valence-electron chi connectivity index (χ1n) is 17.5. The molecule has 0 aliphatic carbocycles. The standard InChI is InChI=1S/C42H34N4O6S/c47-23-24-51-31-21-11-7-17-27(31)37-42(28-18-8-9-19-29(28)43-40(42)50)33(38(48)45-41-44-30-20-10-12-22-32(30)53-41)35-39(49)52-36(26-15-5-2-6-16-26)34(46(35)37)25-13-3-1-4-14-25/h1-22,33-37,47H,23-24H2,(H,43,50)(H,44,45,48)/t33-,34-,35-,36+,37+,42-/m1/s1. The van der Waals surface area contributed by atoms with E-state index in [4.69, 9.17) is 9.47 Å². The Morgan fingerprint density at radius 3 is 2.30 bits per heavy atom. The number of thiazole rings is 1. The van der Waals surface area contributed by atoms with E-state index in [-0.39, 0.29) is 13.2 Å².